The van der Waals surface area contributed by atoms with Gasteiger partial charge < -0.3 is 14.2 Å². The second-order valence-corrected chi connectivity index (χ2v) is 5.73. The first-order valence-corrected chi connectivity index (χ1v) is 8.40. The maximum atomic E-state index is 12.1. The highest BCUT2D eigenvalue weighted by atomic mass is 16.5. The van der Waals surface area contributed by atoms with Crippen LogP contribution in [0.15, 0.2) is 59.6 Å². The molecule has 3 rings (SSSR count). The van der Waals surface area contributed by atoms with Crippen molar-refractivity contribution in [2.45, 2.75) is 26.0 Å². The normalized spacial score (nSPS) is 16.0. The smallest absolute Gasteiger partial charge is 0.334 e. The third kappa shape index (κ3) is 4.59. The Hall–Kier alpha value is -2.82. The van der Waals surface area contributed by atoms with Crippen LogP contribution in [0.25, 0.3) is 0 Å². The van der Waals surface area contributed by atoms with E-state index in [4.69, 9.17) is 14.2 Å². The Morgan fingerprint density at radius 2 is 1.92 bits per heavy atom. The van der Waals surface area contributed by atoms with Crippen LogP contribution >= 0.6 is 0 Å². The van der Waals surface area contributed by atoms with Crippen molar-refractivity contribution in [2.75, 3.05) is 13.2 Å². The van der Waals surface area contributed by atoms with Crippen molar-refractivity contribution in [1.82, 2.24) is 0 Å². The number of hydrogen-bond donors (Lipinski definition) is 0. The predicted molar refractivity (Wildman–Crippen MR) is 94.7 cm³/mol. The summed E-state index contributed by atoms with van der Waals surface area (Å²) in [4.78, 5) is 16.5. The highest BCUT2D eigenvalue weighted by Gasteiger charge is 2.28. The van der Waals surface area contributed by atoms with Gasteiger partial charge in [-0.25, -0.2) is 9.79 Å². The lowest BCUT2D eigenvalue weighted by Gasteiger charge is -2.06. The summed E-state index contributed by atoms with van der Waals surface area (Å²) in [5.74, 6) is 0.897. The first kappa shape index (κ1) is 17.0. The Bertz CT molecular complexity index is 725. The molecule has 0 amide bonds. The van der Waals surface area contributed by atoms with E-state index in [0.717, 1.165) is 23.3 Å². The lowest BCUT2D eigenvalue weighted by atomic mass is 10.2. The Morgan fingerprint density at radius 3 is 2.64 bits per heavy atom. The quantitative estimate of drug-likeness (QED) is 0.726. The third-order valence-corrected chi connectivity index (χ3v) is 3.72. The summed E-state index contributed by atoms with van der Waals surface area (Å²) in [7, 11) is 0. The fourth-order valence-electron chi connectivity index (χ4n) is 2.39. The fourth-order valence-corrected chi connectivity index (χ4v) is 2.39. The van der Waals surface area contributed by atoms with Gasteiger partial charge in [-0.3, -0.25) is 0 Å². The monoisotopic (exact) mass is 339 g/mol. The minimum atomic E-state index is -0.616. The lowest BCUT2D eigenvalue weighted by molar-refractivity contribution is -0.146. The van der Waals surface area contributed by atoms with Gasteiger partial charge in [-0.05, 0) is 36.2 Å². The van der Waals surface area contributed by atoms with Crippen molar-refractivity contribution in [3.05, 3.63) is 65.7 Å². The van der Waals surface area contributed by atoms with Crippen molar-refractivity contribution in [3.8, 4) is 5.75 Å². The van der Waals surface area contributed by atoms with Crippen LogP contribution in [0, 0.1) is 0 Å². The van der Waals surface area contributed by atoms with Crippen molar-refractivity contribution in [1.29, 1.82) is 0 Å². The van der Waals surface area contributed by atoms with Crippen molar-refractivity contribution in [3.63, 3.8) is 0 Å². The Morgan fingerprint density at radius 1 is 1.16 bits per heavy atom. The SMILES string of the molecule is CCCOc1ccc(C2=N[C@H](C(=O)OCc3ccccc3)CO2)cc1. The molecule has 0 spiro atoms. The molecule has 1 heterocycles. The molecule has 1 atom stereocenters. The second-order valence-electron chi connectivity index (χ2n) is 5.73. The van der Waals surface area contributed by atoms with Crippen LogP contribution in [0.1, 0.15) is 24.5 Å². The number of benzene rings is 2. The van der Waals surface area contributed by atoms with Gasteiger partial charge in [0.1, 0.15) is 19.0 Å². The van der Waals surface area contributed by atoms with Crippen LogP contribution in [0.4, 0.5) is 0 Å². The molecule has 2 aromatic rings. The molecule has 5 nitrogen and oxygen atoms in total. The Kier molecular flexibility index (Phi) is 5.67. The molecule has 1 aliphatic heterocycles. The van der Waals surface area contributed by atoms with Crippen LogP contribution in [0.5, 0.6) is 5.75 Å². The Balaban J connectivity index is 1.57. The van der Waals surface area contributed by atoms with E-state index < -0.39 is 6.04 Å². The van der Waals surface area contributed by atoms with Gasteiger partial charge in [0.15, 0.2) is 6.04 Å². The molecule has 0 unspecified atom stereocenters. The zero-order valence-corrected chi connectivity index (χ0v) is 14.2. The fraction of sp³-hybridized carbons (Fsp3) is 0.300. The van der Waals surface area contributed by atoms with Gasteiger partial charge in [0, 0.05) is 5.56 Å². The highest BCUT2D eigenvalue weighted by molar-refractivity contribution is 5.97. The van der Waals surface area contributed by atoms with E-state index >= 15 is 0 Å². The van der Waals surface area contributed by atoms with Crippen molar-refractivity contribution >= 4 is 11.9 Å². The molecule has 0 saturated heterocycles. The second kappa shape index (κ2) is 8.33. The van der Waals surface area contributed by atoms with Crippen molar-refractivity contribution in [2.24, 2.45) is 4.99 Å². The van der Waals surface area contributed by atoms with Crippen LogP contribution in [-0.2, 0) is 20.9 Å². The molecule has 0 aromatic heterocycles. The topological polar surface area (TPSA) is 57.1 Å². The summed E-state index contributed by atoms with van der Waals surface area (Å²) >= 11 is 0. The Labute approximate surface area is 147 Å². The number of esters is 1. The molecule has 1 aliphatic rings. The van der Waals surface area contributed by atoms with Crippen LogP contribution in [-0.4, -0.2) is 31.1 Å². The average Bonchev–Trinajstić information content (AvgIpc) is 3.16. The lowest BCUT2D eigenvalue weighted by Crippen LogP contribution is -2.22. The third-order valence-electron chi connectivity index (χ3n) is 3.72. The molecule has 5 heteroatoms. The van der Waals surface area contributed by atoms with Gasteiger partial charge in [0.2, 0.25) is 5.90 Å². The molecule has 0 aliphatic carbocycles. The summed E-state index contributed by atoms with van der Waals surface area (Å²) in [6.07, 6.45) is 0.963. The molecule has 0 N–H and O–H groups in total. The first-order chi connectivity index (χ1) is 12.3. The molecule has 2 aromatic carbocycles. The van der Waals surface area contributed by atoms with Gasteiger partial charge in [0.05, 0.1) is 6.61 Å². The largest absolute Gasteiger partial charge is 0.494 e. The van der Waals surface area contributed by atoms with Gasteiger partial charge >= 0.3 is 5.97 Å². The van der Waals surface area contributed by atoms with E-state index in [0.29, 0.717) is 12.5 Å². The summed E-state index contributed by atoms with van der Waals surface area (Å²) in [5, 5.41) is 0. The maximum absolute atomic E-state index is 12.1. The molecule has 0 saturated carbocycles. The maximum Gasteiger partial charge on any atom is 0.334 e. The summed E-state index contributed by atoms with van der Waals surface area (Å²) in [5.41, 5.74) is 1.77. The van der Waals surface area contributed by atoms with Gasteiger partial charge in [-0.1, -0.05) is 37.3 Å². The zero-order chi connectivity index (χ0) is 17.5. The first-order valence-electron chi connectivity index (χ1n) is 8.40. The molecule has 0 radical (unpaired) electrons. The van der Waals surface area contributed by atoms with E-state index in [9.17, 15) is 4.79 Å². The molecule has 25 heavy (non-hydrogen) atoms. The highest BCUT2D eigenvalue weighted by Crippen LogP contribution is 2.17. The average molecular weight is 339 g/mol. The van der Waals surface area contributed by atoms with E-state index in [2.05, 4.69) is 11.9 Å². The standard InChI is InChI=1S/C20H21NO4/c1-2-12-23-17-10-8-16(9-11-17)19-21-18(14-24-19)20(22)25-13-15-6-4-3-5-7-15/h3-11,18H,2,12-14H2,1H3/t18-/m0/s1. The van der Waals surface area contributed by atoms with Crippen molar-refractivity contribution < 1.29 is 19.0 Å². The number of rotatable bonds is 7. The predicted octanol–water partition coefficient (Wildman–Crippen LogP) is 3.36. The van der Waals surface area contributed by atoms with E-state index in [1.807, 2.05) is 54.6 Å². The number of ether oxygens (including phenoxy) is 3. The van der Waals surface area contributed by atoms with Gasteiger partial charge in [-0.15, -0.1) is 0 Å². The number of carbonyl (C=O) groups is 1. The minimum Gasteiger partial charge on any atom is -0.494 e. The molecule has 130 valence electrons. The molecular weight excluding hydrogens is 318 g/mol. The van der Waals surface area contributed by atoms with Crippen LogP contribution in [0.2, 0.25) is 0 Å². The summed E-state index contributed by atoms with van der Waals surface area (Å²) < 4.78 is 16.4. The number of aliphatic imine (C=N–C) groups is 1. The van der Waals surface area contributed by atoms with Gasteiger partial charge in [0.25, 0.3) is 0 Å². The number of carbonyl (C=O) groups excluding carboxylic acids is 1. The van der Waals surface area contributed by atoms with E-state index in [-0.39, 0.29) is 19.2 Å². The van der Waals surface area contributed by atoms with E-state index in [1.165, 1.54) is 0 Å². The van der Waals surface area contributed by atoms with Crippen LogP contribution < -0.4 is 4.74 Å². The van der Waals surface area contributed by atoms with E-state index in [1.54, 1.807) is 0 Å². The number of nitrogens with zero attached hydrogens (tertiary/aromatic N) is 1. The zero-order valence-electron chi connectivity index (χ0n) is 14.2. The summed E-state index contributed by atoms with van der Waals surface area (Å²) in [6, 6.07) is 16.4. The van der Waals surface area contributed by atoms with Gasteiger partial charge in [-0.2, -0.15) is 0 Å². The molecule has 0 bridgehead atoms. The number of hydrogen-bond acceptors (Lipinski definition) is 5. The molecule has 0 fully saturated rings. The molecular formula is C20H21NO4. The minimum absolute atomic E-state index is 0.205. The van der Waals surface area contributed by atoms with Crippen LogP contribution in [0.3, 0.4) is 0 Å². The summed E-state index contributed by atoms with van der Waals surface area (Å²) in [6.45, 7) is 3.19.